The van der Waals surface area contributed by atoms with Crippen LogP contribution in [0.25, 0.3) is 11.5 Å². The lowest BCUT2D eigenvalue weighted by atomic mass is 10.2. The average Bonchev–Trinajstić information content (AvgIpc) is 3.23. The lowest BCUT2D eigenvalue weighted by Gasteiger charge is -2.20. The van der Waals surface area contributed by atoms with Gasteiger partial charge in [-0.25, -0.2) is 4.90 Å². The summed E-state index contributed by atoms with van der Waals surface area (Å²) in [5, 5.41) is 8.40. The fourth-order valence-corrected chi connectivity index (χ4v) is 3.95. The molecule has 3 aromatic rings. The second kappa shape index (κ2) is 6.26. The lowest BCUT2D eigenvalue weighted by Crippen LogP contribution is -2.28. The van der Waals surface area contributed by atoms with Gasteiger partial charge in [-0.3, -0.25) is 9.78 Å². The van der Waals surface area contributed by atoms with E-state index in [1.165, 1.54) is 16.7 Å². The Morgan fingerprint density at radius 1 is 1.17 bits per heavy atom. The normalized spacial score (nSPS) is 17.5. The van der Waals surface area contributed by atoms with Crippen molar-refractivity contribution < 1.29 is 9.21 Å². The monoisotopic (exact) mass is 358 g/mol. The third-order valence-electron chi connectivity index (χ3n) is 3.59. The van der Waals surface area contributed by atoms with Crippen LogP contribution in [0.15, 0.2) is 53.2 Å². The number of rotatable bonds is 3. The molecule has 4 rings (SSSR count). The van der Waals surface area contributed by atoms with Crippen LogP contribution in [-0.2, 0) is 4.79 Å². The number of benzene rings is 1. The van der Waals surface area contributed by atoms with E-state index >= 15 is 0 Å². The molecule has 24 heavy (non-hydrogen) atoms. The van der Waals surface area contributed by atoms with E-state index in [1.807, 2.05) is 18.2 Å². The van der Waals surface area contributed by atoms with Crippen molar-refractivity contribution in [2.45, 2.75) is 5.37 Å². The van der Waals surface area contributed by atoms with Crippen LogP contribution in [0, 0.1) is 0 Å². The van der Waals surface area contributed by atoms with Crippen LogP contribution in [0.4, 0.5) is 6.01 Å². The molecule has 1 unspecified atom stereocenters. The molecule has 0 aliphatic carbocycles. The Morgan fingerprint density at radius 3 is 2.75 bits per heavy atom. The molecule has 1 atom stereocenters. The van der Waals surface area contributed by atoms with Crippen LogP contribution < -0.4 is 4.90 Å². The smallest absolute Gasteiger partial charge is 0.326 e. The summed E-state index contributed by atoms with van der Waals surface area (Å²) in [6.07, 6.45) is 3.28. The Bertz CT molecular complexity index is 887. The Hall–Kier alpha value is -2.38. The van der Waals surface area contributed by atoms with E-state index in [-0.39, 0.29) is 17.3 Å². The van der Waals surface area contributed by atoms with Gasteiger partial charge in [-0.1, -0.05) is 34.9 Å². The summed E-state index contributed by atoms with van der Waals surface area (Å²) < 4.78 is 5.71. The molecule has 1 aliphatic rings. The van der Waals surface area contributed by atoms with Crippen molar-refractivity contribution in [3.63, 3.8) is 0 Å². The predicted octanol–water partition coefficient (Wildman–Crippen LogP) is 3.56. The summed E-state index contributed by atoms with van der Waals surface area (Å²) in [5.41, 5.74) is 1.59. The molecule has 0 bridgehead atoms. The Morgan fingerprint density at radius 2 is 1.96 bits per heavy atom. The molecule has 1 saturated heterocycles. The first-order valence-electron chi connectivity index (χ1n) is 7.16. The van der Waals surface area contributed by atoms with E-state index in [2.05, 4.69) is 15.2 Å². The zero-order chi connectivity index (χ0) is 16.5. The Balaban J connectivity index is 1.71. The third kappa shape index (κ3) is 2.65. The van der Waals surface area contributed by atoms with Gasteiger partial charge >= 0.3 is 6.01 Å². The molecule has 3 heterocycles. The summed E-state index contributed by atoms with van der Waals surface area (Å²) in [4.78, 5) is 17.8. The minimum atomic E-state index is -0.281. The highest BCUT2D eigenvalue weighted by atomic mass is 35.5. The zero-order valence-corrected chi connectivity index (χ0v) is 13.9. The van der Waals surface area contributed by atoms with E-state index in [4.69, 9.17) is 16.0 Å². The number of anilines is 1. The van der Waals surface area contributed by atoms with Crippen molar-refractivity contribution >= 4 is 35.3 Å². The van der Waals surface area contributed by atoms with Gasteiger partial charge in [0.1, 0.15) is 5.37 Å². The van der Waals surface area contributed by atoms with Gasteiger partial charge < -0.3 is 4.42 Å². The summed E-state index contributed by atoms with van der Waals surface area (Å²) in [7, 11) is 0. The molecular formula is C16H11ClN4O2S. The van der Waals surface area contributed by atoms with E-state index in [0.29, 0.717) is 16.7 Å². The number of carbonyl (C=O) groups is 1. The van der Waals surface area contributed by atoms with Crippen molar-refractivity contribution in [2.24, 2.45) is 0 Å². The SMILES string of the molecule is O=C1CSC(c2ccccc2Cl)N1c1nnc(-c2ccncc2)o1. The lowest BCUT2D eigenvalue weighted by molar-refractivity contribution is -0.116. The summed E-state index contributed by atoms with van der Waals surface area (Å²) in [6, 6.07) is 11.1. The highest BCUT2D eigenvalue weighted by molar-refractivity contribution is 8.00. The first kappa shape index (κ1) is 15.2. The second-order valence-corrected chi connectivity index (χ2v) is 6.55. The van der Waals surface area contributed by atoms with Gasteiger partial charge in [0.05, 0.1) is 5.75 Å². The van der Waals surface area contributed by atoms with Crippen LogP contribution in [0.1, 0.15) is 10.9 Å². The molecule has 0 N–H and O–H groups in total. The molecule has 2 aromatic heterocycles. The fraction of sp³-hybridized carbons (Fsp3) is 0.125. The second-order valence-electron chi connectivity index (χ2n) is 5.07. The van der Waals surface area contributed by atoms with E-state index in [1.54, 1.807) is 30.6 Å². The number of hydrogen-bond donors (Lipinski definition) is 0. The van der Waals surface area contributed by atoms with Crippen molar-refractivity contribution in [3.05, 3.63) is 59.4 Å². The van der Waals surface area contributed by atoms with Crippen molar-refractivity contribution in [1.29, 1.82) is 0 Å². The maximum absolute atomic E-state index is 12.3. The van der Waals surface area contributed by atoms with Gasteiger partial charge in [0.25, 0.3) is 0 Å². The quantitative estimate of drug-likeness (QED) is 0.712. The van der Waals surface area contributed by atoms with Crippen molar-refractivity contribution in [1.82, 2.24) is 15.2 Å². The van der Waals surface area contributed by atoms with Crippen molar-refractivity contribution in [3.8, 4) is 11.5 Å². The summed E-state index contributed by atoms with van der Waals surface area (Å²) in [5.74, 6) is 0.591. The predicted molar refractivity (Wildman–Crippen MR) is 91.7 cm³/mol. The van der Waals surface area contributed by atoms with Crippen LogP contribution in [0.3, 0.4) is 0 Å². The van der Waals surface area contributed by atoms with Crippen LogP contribution in [0.5, 0.6) is 0 Å². The highest BCUT2D eigenvalue weighted by Crippen LogP contribution is 2.43. The van der Waals surface area contributed by atoms with Gasteiger partial charge in [-0.15, -0.1) is 16.9 Å². The van der Waals surface area contributed by atoms with E-state index in [9.17, 15) is 4.79 Å². The number of halogens is 1. The van der Waals surface area contributed by atoms with Crippen molar-refractivity contribution in [2.75, 3.05) is 10.7 Å². The molecule has 1 aliphatic heterocycles. The maximum Gasteiger partial charge on any atom is 0.326 e. The van der Waals surface area contributed by atoms with Gasteiger partial charge in [0.2, 0.25) is 11.8 Å². The molecule has 1 aromatic carbocycles. The molecule has 0 saturated carbocycles. The minimum Gasteiger partial charge on any atom is -0.403 e. The van der Waals surface area contributed by atoms with E-state index in [0.717, 1.165) is 11.1 Å². The number of pyridine rings is 1. The fourth-order valence-electron chi connectivity index (χ4n) is 2.46. The van der Waals surface area contributed by atoms with Gasteiger partial charge in [-0.2, -0.15) is 0 Å². The average molecular weight is 359 g/mol. The summed E-state index contributed by atoms with van der Waals surface area (Å²) >= 11 is 7.76. The number of carbonyl (C=O) groups excluding carboxylic acids is 1. The first-order chi connectivity index (χ1) is 11.7. The number of amides is 1. The van der Waals surface area contributed by atoms with Gasteiger partial charge in [-0.05, 0) is 18.2 Å². The maximum atomic E-state index is 12.3. The van der Waals surface area contributed by atoms with Crippen LogP contribution in [0.2, 0.25) is 5.02 Å². The summed E-state index contributed by atoms with van der Waals surface area (Å²) in [6.45, 7) is 0. The largest absolute Gasteiger partial charge is 0.403 e. The molecule has 0 spiro atoms. The van der Waals surface area contributed by atoms with Gasteiger partial charge in [0, 0.05) is 28.5 Å². The third-order valence-corrected chi connectivity index (χ3v) is 5.13. The number of hydrogen-bond acceptors (Lipinski definition) is 6. The van der Waals surface area contributed by atoms with Gasteiger partial charge in [0.15, 0.2) is 0 Å². The molecular weight excluding hydrogens is 348 g/mol. The molecule has 0 radical (unpaired) electrons. The molecule has 6 nitrogen and oxygen atoms in total. The molecule has 1 fully saturated rings. The number of aromatic nitrogens is 3. The number of thioether (sulfide) groups is 1. The molecule has 120 valence electrons. The first-order valence-corrected chi connectivity index (χ1v) is 8.59. The topological polar surface area (TPSA) is 72.1 Å². The number of nitrogens with zero attached hydrogens (tertiary/aromatic N) is 4. The van der Waals surface area contributed by atoms with Crippen LogP contribution in [-0.4, -0.2) is 26.8 Å². The molecule has 8 heteroatoms. The van der Waals surface area contributed by atoms with E-state index < -0.39 is 0 Å². The zero-order valence-electron chi connectivity index (χ0n) is 12.3. The highest BCUT2D eigenvalue weighted by Gasteiger charge is 2.38. The Kier molecular flexibility index (Phi) is 3.95. The van der Waals surface area contributed by atoms with Crippen LogP contribution >= 0.6 is 23.4 Å². The standard InChI is InChI=1S/C16H11ClN4O2S/c17-12-4-2-1-3-11(12)15-21(13(22)9-24-15)16-20-19-14(23-16)10-5-7-18-8-6-10/h1-8,15H,9H2. The minimum absolute atomic E-state index is 0.0881. The molecule has 1 amide bonds. The Labute approximate surface area is 146 Å².